The predicted octanol–water partition coefficient (Wildman–Crippen LogP) is 7.58. The molecule has 2 fully saturated rings. The molecule has 0 aromatic heterocycles. The molecule has 1 heterocycles. The maximum Gasteiger partial charge on any atom is 0.314 e. The van der Waals surface area contributed by atoms with Crippen molar-refractivity contribution in [2.24, 2.45) is 11.8 Å². The molecule has 6 rings (SSSR count). The number of rotatable bonds is 14. The number of esters is 2. The van der Waals surface area contributed by atoms with Crippen LogP contribution >= 0.6 is 0 Å². The van der Waals surface area contributed by atoms with Crippen LogP contribution in [0.4, 0.5) is 0 Å². The van der Waals surface area contributed by atoms with Gasteiger partial charge in [-0.05, 0) is 109 Å². The Balaban J connectivity index is 1.21. The molecule has 0 radical (unpaired) electrons. The summed E-state index contributed by atoms with van der Waals surface area (Å²) in [7, 11) is 0. The van der Waals surface area contributed by atoms with Gasteiger partial charge < -0.3 is 29.0 Å². The van der Waals surface area contributed by atoms with Gasteiger partial charge in [0.2, 0.25) is 6.79 Å². The average Bonchev–Trinajstić information content (AvgIpc) is 3.84. The highest BCUT2D eigenvalue weighted by atomic mass is 16.7. The number of fused-ring (bicyclic) bond motifs is 1. The van der Waals surface area contributed by atoms with Crippen molar-refractivity contribution in [1.82, 2.24) is 5.32 Å². The minimum atomic E-state index is -0.378. The summed E-state index contributed by atoms with van der Waals surface area (Å²) in [6, 6.07) is 21.8. The highest BCUT2D eigenvalue weighted by Crippen LogP contribution is 2.40. The van der Waals surface area contributed by atoms with Crippen molar-refractivity contribution in [3.63, 3.8) is 0 Å². The number of ether oxygens (including phenoxy) is 5. The quantitative estimate of drug-likeness (QED) is 0.110. The van der Waals surface area contributed by atoms with Crippen molar-refractivity contribution in [2.45, 2.75) is 71.3 Å². The lowest BCUT2D eigenvalue weighted by Gasteiger charge is -2.24. The molecular weight excluding hydrogens is 594 g/mol. The van der Waals surface area contributed by atoms with E-state index < -0.39 is 0 Å². The Morgan fingerprint density at radius 3 is 2.15 bits per heavy atom. The van der Waals surface area contributed by atoms with E-state index in [-0.39, 0.29) is 37.4 Å². The Bertz CT molecular complexity index is 1550. The van der Waals surface area contributed by atoms with Crippen molar-refractivity contribution in [2.75, 3.05) is 26.5 Å². The van der Waals surface area contributed by atoms with E-state index in [0.717, 1.165) is 65.1 Å². The molecular formula is C39H45NO7. The molecule has 1 aliphatic heterocycles. The summed E-state index contributed by atoms with van der Waals surface area (Å²) in [5.74, 6) is 2.97. The first-order chi connectivity index (χ1) is 23.0. The molecule has 1 unspecified atom stereocenters. The van der Waals surface area contributed by atoms with E-state index in [0.29, 0.717) is 24.0 Å². The fraction of sp³-hybridized carbons (Fsp3) is 0.436. The van der Waals surface area contributed by atoms with Gasteiger partial charge in [0.25, 0.3) is 0 Å². The van der Waals surface area contributed by atoms with Crippen LogP contribution in [0, 0.1) is 11.8 Å². The largest absolute Gasteiger partial charge is 0.490 e. The second-order valence-electron chi connectivity index (χ2n) is 12.7. The van der Waals surface area contributed by atoms with Crippen LogP contribution < -0.4 is 24.3 Å². The van der Waals surface area contributed by atoms with E-state index in [4.69, 9.17) is 23.7 Å². The number of allylic oxidation sites excluding steroid dienone is 1. The van der Waals surface area contributed by atoms with Crippen LogP contribution in [-0.4, -0.2) is 44.5 Å². The Labute approximate surface area is 277 Å². The first kappa shape index (κ1) is 32.6. The minimum absolute atomic E-state index is 0.0330. The second-order valence-corrected chi connectivity index (χ2v) is 12.7. The molecule has 0 bridgehead atoms. The predicted molar refractivity (Wildman–Crippen MR) is 181 cm³/mol. The second kappa shape index (κ2) is 15.5. The maximum absolute atomic E-state index is 12.3. The molecule has 47 heavy (non-hydrogen) atoms. The number of benzene rings is 3. The van der Waals surface area contributed by atoms with E-state index in [1.165, 1.54) is 39.0 Å². The molecule has 248 valence electrons. The zero-order chi connectivity index (χ0) is 32.6. The van der Waals surface area contributed by atoms with Gasteiger partial charge >= 0.3 is 11.9 Å². The van der Waals surface area contributed by atoms with Gasteiger partial charge in [0.1, 0.15) is 24.2 Å². The number of hydrogen-bond acceptors (Lipinski definition) is 8. The van der Waals surface area contributed by atoms with Gasteiger partial charge in [0, 0.05) is 13.5 Å². The topological polar surface area (TPSA) is 92.3 Å². The maximum atomic E-state index is 12.3. The Morgan fingerprint density at radius 1 is 0.830 bits per heavy atom. The third-order valence-electron chi connectivity index (χ3n) is 9.09. The van der Waals surface area contributed by atoms with Crippen LogP contribution in [0.2, 0.25) is 0 Å². The zero-order valence-corrected chi connectivity index (χ0v) is 27.4. The minimum Gasteiger partial charge on any atom is -0.490 e. The SMILES string of the molecule is CCC(=C(c1ccc(OCC(CNCC2CCCCC2)OC(C)=O)cc1)c1ccc(OC(=O)C2CC2)cc1)c1ccc2c(c1)OCO2. The van der Waals surface area contributed by atoms with E-state index >= 15 is 0 Å². The lowest BCUT2D eigenvalue weighted by molar-refractivity contribution is -0.147. The van der Waals surface area contributed by atoms with Crippen LogP contribution in [0.25, 0.3) is 11.1 Å². The molecule has 0 amide bonds. The smallest absolute Gasteiger partial charge is 0.314 e. The molecule has 8 nitrogen and oxygen atoms in total. The molecule has 3 aromatic rings. The van der Waals surface area contributed by atoms with Crippen molar-refractivity contribution >= 4 is 23.1 Å². The summed E-state index contributed by atoms with van der Waals surface area (Å²) >= 11 is 0. The fourth-order valence-electron chi connectivity index (χ4n) is 6.45. The van der Waals surface area contributed by atoms with Crippen LogP contribution in [0.5, 0.6) is 23.0 Å². The summed E-state index contributed by atoms with van der Waals surface area (Å²) in [5.41, 5.74) is 5.25. The average molecular weight is 640 g/mol. The molecule has 0 saturated heterocycles. The van der Waals surface area contributed by atoms with Crippen molar-refractivity contribution in [3.8, 4) is 23.0 Å². The van der Waals surface area contributed by atoms with Crippen molar-refractivity contribution in [3.05, 3.63) is 83.4 Å². The third kappa shape index (κ3) is 8.74. The summed E-state index contributed by atoms with van der Waals surface area (Å²) in [5, 5.41) is 3.50. The summed E-state index contributed by atoms with van der Waals surface area (Å²) < 4.78 is 28.6. The summed E-state index contributed by atoms with van der Waals surface area (Å²) in [4.78, 5) is 24.1. The zero-order valence-electron chi connectivity index (χ0n) is 27.4. The number of nitrogens with one attached hydrogen (secondary N) is 1. The molecule has 0 spiro atoms. The van der Waals surface area contributed by atoms with Crippen LogP contribution in [0.1, 0.15) is 81.9 Å². The third-order valence-corrected chi connectivity index (χ3v) is 9.09. The van der Waals surface area contributed by atoms with Gasteiger partial charge in [-0.25, -0.2) is 0 Å². The number of hydrogen-bond donors (Lipinski definition) is 1. The highest BCUT2D eigenvalue weighted by Gasteiger charge is 2.31. The van der Waals surface area contributed by atoms with Gasteiger partial charge in [-0.1, -0.05) is 56.5 Å². The Morgan fingerprint density at radius 2 is 1.49 bits per heavy atom. The van der Waals surface area contributed by atoms with Crippen LogP contribution in [-0.2, 0) is 14.3 Å². The van der Waals surface area contributed by atoms with Gasteiger partial charge in [0.15, 0.2) is 11.5 Å². The van der Waals surface area contributed by atoms with Crippen LogP contribution in [0.15, 0.2) is 66.7 Å². The van der Waals surface area contributed by atoms with Gasteiger partial charge in [-0.15, -0.1) is 0 Å². The van der Waals surface area contributed by atoms with Gasteiger partial charge in [0.05, 0.1) is 5.92 Å². The summed E-state index contributed by atoms with van der Waals surface area (Å²) in [6.45, 7) is 5.55. The van der Waals surface area contributed by atoms with E-state index in [1.54, 1.807) is 0 Å². The van der Waals surface area contributed by atoms with E-state index in [2.05, 4.69) is 30.4 Å². The van der Waals surface area contributed by atoms with E-state index in [1.807, 2.05) is 48.5 Å². The first-order valence-corrected chi connectivity index (χ1v) is 17.0. The highest BCUT2D eigenvalue weighted by molar-refractivity contribution is 5.99. The number of carbonyl (C=O) groups excluding carboxylic acids is 2. The van der Waals surface area contributed by atoms with E-state index in [9.17, 15) is 9.59 Å². The Kier molecular flexibility index (Phi) is 10.8. The molecule has 3 aliphatic rings. The monoisotopic (exact) mass is 639 g/mol. The van der Waals surface area contributed by atoms with Crippen LogP contribution in [0.3, 0.4) is 0 Å². The lowest BCUT2D eigenvalue weighted by Crippen LogP contribution is -2.37. The molecule has 2 saturated carbocycles. The molecule has 1 N–H and O–H groups in total. The Hall–Kier alpha value is -4.30. The lowest BCUT2D eigenvalue weighted by atomic mass is 9.88. The van der Waals surface area contributed by atoms with Gasteiger partial charge in [-0.2, -0.15) is 0 Å². The standard InChI is InChI=1S/C39H45NO7/c1-3-35(31-15-20-36-37(21-31)45-25-44-36)38(29-13-18-33(19-14-29)47-39(42)30-9-10-30)28-11-16-32(17-12-28)43-24-34(46-26(2)41)23-40-22-27-7-5-4-6-8-27/h11-21,27,30,34,40H,3-10,22-25H2,1-2H3. The summed E-state index contributed by atoms with van der Waals surface area (Å²) in [6.07, 6.45) is 8.65. The normalized spacial score (nSPS) is 17.1. The van der Waals surface area contributed by atoms with Crippen molar-refractivity contribution in [1.29, 1.82) is 0 Å². The molecule has 8 heteroatoms. The molecule has 3 aromatic carbocycles. The molecule has 1 atom stereocenters. The first-order valence-electron chi connectivity index (χ1n) is 17.0. The fourth-order valence-corrected chi connectivity index (χ4v) is 6.45. The van der Waals surface area contributed by atoms with Crippen molar-refractivity contribution < 1.29 is 33.3 Å². The molecule has 2 aliphatic carbocycles. The van der Waals surface area contributed by atoms with Gasteiger partial charge in [-0.3, -0.25) is 9.59 Å². The number of carbonyl (C=O) groups is 2.